The third-order valence-corrected chi connectivity index (χ3v) is 9.70. The minimum atomic E-state index is -0.985. The lowest BCUT2D eigenvalue weighted by molar-refractivity contribution is -0.353. The molecule has 3 aliphatic rings. The molecule has 3 aliphatic heterocycles. The Morgan fingerprint density at radius 3 is 2.49 bits per heavy atom. The van der Waals surface area contributed by atoms with Crippen LogP contribution in [-0.2, 0) is 38.0 Å². The van der Waals surface area contributed by atoms with Gasteiger partial charge in [0.2, 0.25) is 5.79 Å². The van der Waals surface area contributed by atoms with Gasteiger partial charge in [-0.2, -0.15) is 0 Å². The van der Waals surface area contributed by atoms with Gasteiger partial charge in [-0.05, 0) is 62.3 Å². The molecule has 1 unspecified atom stereocenters. The molecule has 2 fully saturated rings. The van der Waals surface area contributed by atoms with Gasteiger partial charge in [0, 0.05) is 32.0 Å². The minimum absolute atomic E-state index is 0.0338. The number of hydrogen-bond donors (Lipinski definition) is 0. The van der Waals surface area contributed by atoms with E-state index in [1.807, 2.05) is 25.1 Å². The number of allylic oxidation sites excluding steroid dienone is 1. The highest BCUT2D eigenvalue weighted by Crippen LogP contribution is 2.54. The Morgan fingerprint density at radius 1 is 1.12 bits per heavy atom. The number of carbonyl (C=O) groups excluding carboxylic acids is 2. The Kier molecular flexibility index (Phi) is 10.5. The second kappa shape index (κ2) is 13.6. The number of carbonyl (C=O) groups is 2. The molecule has 8 atom stereocenters. The molecule has 1 spiro atoms. The van der Waals surface area contributed by atoms with Crippen molar-refractivity contribution in [1.82, 2.24) is 0 Å². The van der Waals surface area contributed by atoms with Crippen LogP contribution >= 0.6 is 0 Å². The third kappa shape index (κ3) is 7.21. The maximum Gasteiger partial charge on any atom is 0.313 e. The van der Waals surface area contributed by atoms with E-state index < -0.39 is 24.0 Å². The maximum absolute atomic E-state index is 13.0. The van der Waals surface area contributed by atoms with E-state index in [4.69, 9.17) is 33.2 Å². The number of esters is 2. The smallest absolute Gasteiger partial charge is 0.313 e. The molecule has 0 N–H and O–H groups in total. The molecule has 3 heterocycles. The zero-order valence-corrected chi connectivity index (χ0v) is 27.3. The summed E-state index contributed by atoms with van der Waals surface area (Å²) in [6.45, 7) is 12.4. The van der Waals surface area contributed by atoms with Crippen molar-refractivity contribution in [2.75, 3.05) is 21.3 Å². The molecule has 0 radical (unpaired) electrons. The lowest BCUT2D eigenvalue weighted by atomic mass is 9.69. The predicted octanol–water partition coefficient (Wildman–Crippen LogP) is 6.29. The molecule has 0 aliphatic carbocycles. The van der Waals surface area contributed by atoms with Gasteiger partial charge < -0.3 is 33.2 Å². The fourth-order valence-corrected chi connectivity index (χ4v) is 6.96. The largest absolute Gasteiger partial charge is 0.497 e. The number of rotatable bonds is 11. The first-order valence-corrected chi connectivity index (χ1v) is 15.5. The first-order valence-electron chi connectivity index (χ1n) is 15.5. The highest BCUT2D eigenvalue weighted by atomic mass is 16.7. The second-order valence-corrected chi connectivity index (χ2v) is 13.2. The van der Waals surface area contributed by atoms with E-state index in [1.54, 1.807) is 28.3 Å². The van der Waals surface area contributed by atoms with Gasteiger partial charge in [0.15, 0.2) is 0 Å². The first kappa shape index (κ1) is 33.3. The summed E-state index contributed by atoms with van der Waals surface area (Å²) in [4.78, 5) is 24.6. The second-order valence-electron chi connectivity index (χ2n) is 13.2. The molecule has 9 heteroatoms. The molecule has 0 bridgehead atoms. The van der Waals surface area contributed by atoms with E-state index >= 15 is 0 Å². The van der Waals surface area contributed by atoms with Crippen LogP contribution in [0.15, 0.2) is 35.6 Å². The molecule has 0 amide bonds. The van der Waals surface area contributed by atoms with Gasteiger partial charge in [-0.3, -0.25) is 9.59 Å². The third-order valence-electron chi connectivity index (χ3n) is 9.70. The summed E-state index contributed by atoms with van der Waals surface area (Å²) in [6.07, 6.45) is 1.60. The number of benzene rings is 1. The summed E-state index contributed by atoms with van der Waals surface area (Å²) in [7, 11) is 5.15. The topological polar surface area (TPSA) is 98.8 Å². The lowest BCUT2D eigenvalue weighted by Gasteiger charge is -2.57. The van der Waals surface area contributed by atoms with Gasteiger partial charge in [-0.25, -0.2) is 0 Å². The van der Waals surface area contributed by atoms with E-state index in [2.05, 4.69) is 33.8 Å². The van der Waals surface area contributed by atoms with Gasteiger partial charge >= 0.3 is 11.9 Å². The number of cyclic esters (lactones) is 1. The van der Waals surface area contributed by atoms with Crippen molar-refractivity contribution in [2.45, 2.75) is 116 Å². The Bertz CT molecular complexity index is 1180. The Labute approximate surface area is 256 Å². The standard InChI is InChI=1S/C34H50O9/c1-20(13-14-26(38-8)24-11-10-12-25(15-24)37-7)32-22(3)29(39-9)19-34(43-32)33(5,6)18-21(2)27(42-34)16-31(36)41-28-17-30(35)40-23(28)4/h10-12,15,20,22-23,26,28-29,32H,13-14,16-19H2,1-9H3/t20-,22-,23+,26-,28+,29+,32?,34+/m0/s1. The fraction of sp³-hybridized carbons (Fsp3) is 0.706. The Balaban J connectivity index is 1.50. The van der Waals surface area contributed by atoms with Gasteiger partial charge in [0.25, 0.3) is 0 Å². The van der Waals surface area contributed by atoms with Crippen LogP contribution in [0.25, 0.3) is 0 Å². The number of methoxy groups -OCH3 is 3. The molecule has 4 rings (SSSR count). The summed E-state index contributed by atoms with van der Waals surface area (Å²) < 4.78 is 41.9. The van der Waals surface area contributed by atoms with Crippen LogP contribution in [0.1, 0.15) is 91.7 Å². The summed E-state index contributed by atoms with van der Waals surface area (Å²) in [5.41, 5.74) is 1.69. The van der Waals surface area contributed by atoms with Crippen molar-refractivity contribution < 1.29 is 42.7 Å². The van der Waals surface area contributed by atoms with Gasteiger partial charge in [-0.15, -0.1) is 0 Å². The van der Waals surface area contributed by atoms with Gasteiger partial charge in [-0.1, -0.05) is 39.8 Å². The first-order chi connectivity index (χ1) is 20.3. The molecule has 0 saturated carbocycles. The molecular weight excluding hydrogens is 552 g/mol. The molecular formula is C34H50O9. The Hall–Kier alpha value is -2.62. The van der Waals surface area contributed by atoms with Crippen LogP contribution in [0.5, 0.6) is 5.75 Å². The SMILES string of the molecule is COc1cccc([C@H](CC[C@H](C)C2O[C@@]3(C[C@@H](OC)[C@@H]2C)OC(CC(=O)O[C@@H]2CC(=O)O[C@@H]2C)=C(C)CC3(C)C)OC)c1. The highest BCUT2D eigenvalue weighted by Gasteiger charge is 2.59. The summed E-state index contributed by atoms with van der Waals surface area (Å²) >= 11 is 0. The molecule has 43 heavy (non-hydrogen) atoms. The van der Waals surface area contributed by atoms with Crippen molar-refractivity contribution in [3.63, 3.8) is 0 Å². The Morgan fingerprint density at radius 2 is 1.86 bits per heavy atom. The van der Waals surface area contributed by atoms with Gasteiger partial charge in [0.1, 0.15) is 30.1 Å². The number of hydrogen-bond acceptors (Lipinski definition) is 9. The van der Waals surface area contributed by atoms with Crippen LogP contribution in [0, 0.1) is 17.3 Å². The van der Waals surface area contributed by atoms with Crippen LogP contribution in [0.4, 0.5) is 0 Å². The van der Waals surface area contributed by atoms with E-state index in [-0.39, 0.29) is 54.4 Å². The van der Waals surface area contributed by atoms with Crippen molar-refractivity contribution >= 4 is 11.9 Å². The molecule has 9 nitrogen and oxygen atoms in total. The average Bonchev–Trinajstić information content (AvgIpc) is 3.28. The fourth-order valence-electron chi connectivity index (χ4n) is 6.96. The van der Waals surface area contributed by atoms with E-state index in [0.29, 0.717) is 18.6 Å². The normalized spacial score (nSPS) is 31.7. The summed E-state index contributed by atoms with van der Waals surface area (Å²) in [5.74, 6) is -0.108. The predicted molar refractivity (Wildman–Crippen MR) is 160 cm³/mol. The molecule has 0 aromatic heterocycles. The monoisotopic (exact) mass is 602 g/mol. The van der Waals surface area contributed by atoms with E-state index in [0.717, 1.165) is 29.7 Å². The molecule has 1 aromatic rings. The van der Waals surface area contributed by atoms with E-state index in [9.17, 15) is 9.59 Å². The minimum Gasteiger partial charge on any atom is -0.497 e. The number of ether oxygens (including phenoxy) is 7. The van der Waals surface area contributed by atoms with Crippen molar-refractivity contribution in [3.05, 3.63) is 41.2 Å². The van der Waals surface area contributed by atoms with Crippen molar-refractivity contribution in [2.24, 2.45) is 17.3 Å². The zero-order valence-electron chi connectivity index (χ0n) is 27.3. The van der Waals surface area contributed by atoms with Crippen LogP contribution in [0.2, 0.25) is 0 Å². The zero-order chi connectivity index (χ0) is 31.5. The quantitative estimate of drug-likeness (QED) is 0.271. The van der Waals surface area contributed by atoms with Crippen molar-refractivity contribution in [3.8, 4) is 5.75 Å². The summed E-state index contributed by atoms with van der Waals surface area (Å²) in [5, 5.41) is 0. The maximum atomic E-state index is 13.0. The molecule has 240 valence electrons. The van der Waals surface area contributed by atoms with Crippen LogP contribution in [-0.4, -0.2) is 63.5 Å². The highest BCUT2D eigenvalue weighted by molar-refractivity contribution is 5.76. The van der Waals surface area contributed by atoms with Gasteiger partial charge in [0.05, 0.1) is 31.8 Å². The summed E-state index contributed by atoms with van der Waals surface area (Å²) in [6, 6.07) is 8.00. The van der Waals surface area contributed by atoms with Crippen molar-refractivity contribution in [1.29, 1.82) is 0 Å². The molecule has 1 aromatic carbocycles. The van der Waals surface area contributed by atoms with Crippen LogP contribution < -0.4 is 4.74 Å². The lowest BCUT2D eigenvalue weighted by Crippen LogP contribution is -2.62. The van der Waals surface area contributed by atoms with Crippen LogP contribution in [0.3, 0.4) is 0 Å². The molecule has 2 saturated heterocycles. The average molecular weight is 603 g/mol. The van der Waals surface area contributed by atoms with E-state index in [1.165, 1.54) is 0 Å².